The van der Waals surface area contributed by atoms with Gasteiger partial charge in [-0.15, -0.1) is 0 Å². The van der Waals surface area contributed by atoms with Gasteiger partial charge in [0.1, 0.15) is 5.82 Å². The van der Waals surface area contributed by atoms with Gasteiger partial charge in [0.05, 0.1) is 0 Å². The van der Waals surface area contributed by atoms with E-state index in [0.717, 1.165) is 30.5 Å². The molecule has 1 aromatic carbocycles. The Morgan fingerprint density at radius 2 is 1.86 bits per heavy atom. The molecule has 1 aliphatic carbocycles. The third kappa shape index (κ3) is 2.88. The van der Waals surface area contributed by atoms with Crippen LogP contribution >= 0.6 is 0 Å². The van der Waals surface area contributed by atoms with Crippen molar-refractivity contribution >= 4 is 0 Å². The number of piperidine rings is 1. The number of halogens is 1. The molecular formula is C19H28FN. The minimum Gasteiger partial charge on any atom is -0.316 e. The molecule has 21 heavy (non-hydrogen) atoms. The van der Waals surface area contributed by atoms with E-state index in [2.05, 4.69) is 19.2 Å². The zero-order chi connectivity index (χ0) is 14.9. The second-order valence-corrected chi connectivity index (χ2v) is 7.47. The van der Waals surface area contributed by atoms with Crippen LogP contribution < -0.4 is 5.32 Å². The van der Waals surface area contributed by atoms with Gasteiger partial charge < -0.3 is 5.32 Å². The summed E-state index contributed by atoms with van der Waals surface area (Å²) < 4.78 is 14.3. The highest BCUT2D eigenvalue weighted by atomic mass is 19.1. The van der Waals surface area contributed by atoms with Crippen molar-refractivity contribution < 1.29 is 4.39 Å². The molecule has 1 saturated heterocycles. The quantitative estimate of drug-likeness (QED) is 0.829. The van der Waals surface area contributed by atoms with Gasteiger partial charge in [0.25, 0.3) is 0 Å². The van der Waals surface area contributed by atoms with E-state index in [0.29, 0.717) is 11.3 Å². The lowest BCUT2D eigenvalue weighted by molar-refractivity contribution is 0.0656. The molecule has 2 heteroatoms. The van der Waals surface area contributed by atoms with Crippen molar-refractivity contribution in [3.8, 4) is 0 Å². The van der Waals surface area contributed by atoms with Crippen LogP contribution in [-0.2, 0) is 0 Å². The fraction of sp³-hybridized carbons (Fsp3) is 0.684. The molecule has 1 heterocycles. The van der Waals surface area contributed by atoms with Crippen LogP contribution in [0.25, 0.3) is 0 Å². The Labute approximate surface area is 128 Å². The summed E-state index contributed by atoms with van der Waals surface area (Å²) in [7, 11) is 0. The van der Waals surface area contributed by atoms with Crippen molar-refractivity contribution in [3.63, 3.8) is 0 Å². The van der Waals surface area contributed by atoms with Crippen LogP contribution in [-0.4, -0.2) is 13.1 Å². The lowest BCUT2D eigenvalue weighted by Crippen LogP contribution is -2.46. The monoisotopic (exact) mass is 289 g/mol. The van der Waals surface area contributed by atoms with Crippen LogP contribution in [0.5, 0.6) is 0 Å². The van der Waals surface area contributed by atoms with Crippen LogP contribution in [0.1, 0.15) is 57.4 Å². The summed E-state index contributed by atoms with van der Waals surface area (Å²) in [6, 6.07) is 7.42. The van der Waals surface area contributed by atoms with Gasteiger partial charge in [0, 0.05) is 12.5 Å². The average Bonchev–Trinajstić information content (AvgIpc) is 2.49. The van der Waals surface area contributed by atoms with Gasteiger partial charge in [-0.3, -0.25) is 0 Å². The van der Waals surface area contributed by atoms with Crippen molar-refractivity contribution in [1.29, 1.82) is 0 Å². The van der Waals surface area contributed by atoms with Gasteiger partial charge in [-0.05, 0) is 67.5 Å². The normalized spacial score (nSPS) is 33.5. The van der Waals surface area contributed by atoms with Gasteiger partial charge in [-0.25, -0.2) is 4.39 Å². The predicted molar refractivity (Wildman–Crippen MR) is 85.9 cm³/mol. The molecule has 1 aliphatic heterocycles. The van der Waals surface area contributed by atoms with Crippen molar-refractivity contribution in [2.75, 3.05) is 13.1 Å². The number of nitrogens with one attached hydrogen (secondary N) is 1. The highest BCUT2D eigenvalue weighted by Gasteiger charge is 2.44. The summed E-state index contributed by atoms with van der Waals surface area (Å²) in [6.07, 6.45) is 6.40. The van der Waals surface area contributed by atoms with Crippen LogP contribution in [0, 0.1) is 23.1 Å². The molecule has 1 atom stereocenters. The Morgan fingerprint density at radius 1 is 1.14 bits per heavy atom. The molecule has 3 rings (SSSR count). The zero-order valence-electron chi connectivity index (χ0n) is 13.4. The van der Waals surface area contributed by atoms with Crippen LogP contribution in [0.4, 0.5) is 4.39 Å². The van der Waals surface area contributed by atoms with Gasteiger partial charge in [-0.2, -0.15) is 0 Å². The molecular weight excluding hydrogens is 261 g/mol. The van der Waals surface area contributed by atoms with Gasteiger partial charge in [0.15, 0.2) is 0 Å². The van der Waals surface area contributed by atoms with Crippen molar-refractivity contribution in [2.45, 2.75) is 51.9 Å². The van der Waals surface area contributed by atoms with Crippen molar-refractivity contribution in [1.82, 2.24) is 5.32 Å². The summed E-state index contributed by atoms with van der Waals surface area (Å²) in [5.74, 6) is 1.99. The standard InChI is InChI=1S/C19H28FN/c1-14(2)15-7-9-19(10-8-15)11-12-21-13-17(19)16-5-3-4-6-18(16)20/h3-6,14-15,17,21H,7-13H2,1-2H3. The second-order valence-electron chi connectivity index (χ2n) is 7.47. The number of benzene rings is 1. The van der Waals surface area contributed by atoms with Crippen molar-refractivity contribution in [2.24, 2.45) is 17.3 Å². The zero-order valence-corrected chi connectivity index (χ0v) is 13.4. The fourth-order valence-corrected chi connectivity index (χ4v) is 4.65. The van der Waals surface area contributed by atoms with E-state index in [1.54, 1.807) is 12.1 Å². The van der Waals surface area contributed by atoms with Crippen LogP contribution in [0.15, 0.2) is 24.3 Å². The maximum absolute atomic E-state index is 14.3. The molecule has 1 spiro atoms. The SMILES string of the molecule is CC(C)C1CCC2(CCNCC2c2ccccc2F)CC1. The Hall–Kier alpha value is -0.890. The maximum atomic E-state index is 14.3. The lowest BCUT2D eigenvalue weighted by Gasteiger charge is -2.49. The average molecular weight is 289 g/mol. The van der Waals surface area contributed by atoms with E-state index in [4.69, 9.17) is 0 Å². The summed E-state index contributed by atoms with van der Waals surface area (Å²) in [4.78, 5) is 0. The van der Waals surface area contributed by atoms with E-state index in [9.17, 15) is 4.39 Å². The Balaban J connectivity index is 1.84. The van der Waals surface area contributed by atoms with Gasteiger partial charge >= 0.3 is 0 Å². The smallest absolute Gasteiger partial charge is 0.126 e. The Bertz CT molecular complexity index is 474. The molecule has 0 amide bonds. The third-order valence-corrected chi connectivity index (χ3v) is 6.14. The maximum Gasteiger partial charge on any atom is 0.126 e. The van der Waals surface area contributed by atoms with E-state index >= 15 is 0 Å². The summed E-state index contributed by atoms with van der Waals surface area (Å²) in [6.45, 7) is 6.73. The largest absolute Gasteiger partial charge is 0.316 e. The summed E-state index contributed by atoms with van der Waals surface area (Å²) >= 11 is 0. The van der Waals surface area contributed by atoms with Crippen LogP contribution in [0.2, 0.25) is 0 Å². The highest BCUT2D eigenvalue weighted by Crippen LogP contribution is 2.53. The van der Waals surface area contributed by atoms with E-state index < -0.39 is 0 Å². The first-order chi connectivity index (χ1) is 10.1. The first kappa shape index (κ1) is 15.0. The Kier molecular flexibility index (Phi) is 4.35. The number of rotatable bonds is 2. The topological polar surface area (TPSA) is 12.0 Å². The lowest BCUT2D eigenvalue weighted by atomic mass is 9.58. The molecule has 1 saturated carbocycles. The van der Waals surface area contributed by atoms with Gasteiger partial charge in [0.2, 0.25) is 0 Å². The molecule has 2 fully saturated rings. The molecule has 116 valence electrons. The second kappa shape index (κ2) is 6.08. The minimum atomic E-state index is -0.0171. The molecule has 2 aliphatic rings. The van der Waals surface area contributed by atoms with Gasteiger partial charge in [-0.1, -0.05) is 32.0 Å². The van der Waals surface area contributed by atoms with E-state index in [1.165, 1.54) is 32.1 Å². The third-order valence-electron chi connectivity index (χ3n) is 6.14. The molecule has 1 N–H and O–H groups in total. The first-order valence-corrected chi connectivity index (χ1v) is 8.57. The van der Waals surface area contributed by atoms with E-state index in [1.807, 2.05) is 12.1 Å². The highest BCUT2D eigenvalue weighted by molar-refractivity contribution is 5.26. The Morgan fingerprint density at radius 3 is 2.52 bits per heavy atom. The first-order valence-electron chi connectivity index (χ1n) is 8.57. The number of hydrogen-bond donors (Lipinski definition) is 1. The number of hydrogen-bond acceptors (Lipinski definition) is 1. The molecule has 1 unspecified atom stereocenters. The van der Waals surface area contributed by atoms with Crippen molar-refractivity contribution in [3.05, 3.63) is 35.6 Å². The fourth-order valence-electron chi connectivity index (χ4n) is 4.65. The predicted octanol–water partition coefficient (Wildman–Crippen LogP) is 4.74. The molecule has 0 aromatic heterocycles. The molecule has 1 nitrogen and oxygen atoms in total. The summed E-state index contributed by atoms with van der Waals surface area (Å²) in [5, 5.41) is 3.50. The molecule has 0 bridgehead atoms. The summed E-state index contributed by atoms with van der Waals surface area (Å²) in [5.41, 5.74) is 1.27. The molecule has 1 aromatic rings. The van der Waals surface area contributed by atoms with Crippen LogP contribution in [0.3, 0.4) is 0 Å². The minimum absolute atomic E-state index is 0.0171. The van der Waals surface area contributed by atoms with E-state index in [-0.39, 0.29) is 5.82 Å². The molecule has 0 radical (unpaired) electrons.